The quantitative estimate of drug-likeness (QED) is 0.862. The van der Waals surface area contributed by atoms with Crippen LogP contribution < -0.4 is 4.72 Å². The molecule has 0 spiro atoms. The topological polar surface area (TPSA) is 84.2 Å². The fraction of sp³-hybridized carbons (Fsp3) is 0.786. The van der Waals surface area contributed by atoms with Gasteiger partial charge in [0.25, 0.3) is 10.0 Å². The van der Waals surface area contributed by atoms with Gasteiger partial charge in [0.05, 0.1) is 11.9 Å². The summed E-state index contributed by atoms with van der Waals surface area (Å²) in [5.41, 5.74) is -0.721. The van der Waals surface area contributed by atoms with E-state index in [1.165, 1.54) is 12.5 Å². The van der Waals surface area contributed by atoms with E-state index in [1.807, 2.05) is 6.92 Å². The van der Waals surface area contributed by atoms with Gasteiger partial charge in [0.15, 0.2) is 5.03 Å². The number of hydrogen-bond acceptors (Lipinski definition) is 4. The Morgan fingerprint density at radius 1 is 1.33 bits per heavy atom. The van der Waals surface area contributed by atoms with Gasteiger partial charge in [0.1, 0.15) is 0 Å². The lowest BCUT2D eigenvalue weighted by molar-refractivity contribution is -0.0205. The van der Waals surface area contributed by atoms with Gasteiger partial charge in [-0.05, 0) is 38.0 Å². The van der Waals surface area contributed by atoms with Crippen molar-refractivity contribution >= 4 is 10.0 Å². The van der Waals surface area contributed by atoms with Crippen LogP contribution in [0.4, 0.5) is 0 Å². The van der Waals surface area contributed by atoms with Crippen LogP contribution in [-0.4, -0.2) is 35.2 Å². The minimum atomic E-state index is -3.66. The number of nitrogens with one attached hydrogen (secondary N) is 1. The second-order valence-electron chi connectivity index (χ2n) is 6.76. The van der Waals surface area contributed by atoms with E-state index < -0.39 is 15.6 Å². The van der Waals surface area contributed by atoms with Crippen molar-refractivity contribution in [2.45, 2.75) is 63.6 Å². The smallest absolute Gasteiger partial charge is 0.259 e. The molecule has 120 valence electrons. The normalized spacial score (nSPS) is 21.3. The average Bonchev–Trinajstić information content (AvgIpc) is 2.91. The zero-order valence-corrected chi connectivity index (χ0v) is 13.8. The molecular formula is C14H25N3O3S. The van der Waals surface area contributed by atoms with Crippen LogP contribution in [0.15, 0.2) is 17.6 Å². The Morgan fingerprint density at radius 3 is 2.48 bits per heavy atom. The highest BCUT2D eigenvalue weighted by Gasteiger charge is 2.37. The van der Waals surface area contributed by atoms with Crippen LogP contribution in [0.3, 0.4) is 0 Å². The molecule has 7 heteroatoms. The summed E-state index contributed by atoms with van der Waals surface area (Å²) in [5.74, 6) is 0. The van der Waals surface area contributed by atoms with Gasteiger partial charge < -0.3 is 9.67 Å². The van der Waals surface area contributed by atoms with Crippen LogP contribution in [0, 0.1) is 5.41 Å². The highest BCUT2D eigenvalue weighted by molar-refractivity contribution is 7.89. The second-order valence-corrected chi connectivity index (χ2v) is 8.47. The minimum absolute atomic E-state index is 0.00379. The fourth-order valence-corrected chi connectivity index (χ4v) is 3.59. The first-order valence-corrected chi connectivity index (χ1v) is 8.88. The van der Waals surface area contributed by atoms with Gasteiger partial charge in [-0.25, -0.2) is 18.1 Å². The lowest BCUT2D eigenvalue weighted by Crippen LogP contribution is -2.46. The number of rotatable bonds is 5. The highest BCUT2D eigenvalue weighted by atomic mass is 32.2. The molecule has 0 atom stereocenters. The van der Waals surface area contributed by atoms with Crippen molar-refractivity contribution in [3.63, 3.8) is 0 Å². The lowest BCUT2D eigenvalue weighted by Gasteiger charge is -2.40. The van der Waals surface area contributed by atoms with Crippen LogP contribution in [0.1, 0.15) is 46.5 Å². The molecule has 21 heavy (non-hydrogen) atoms. The largest absolute Gasteiger partial charge is 0.389 e. The molecule has 0 bridgehead atoms. The third-order valence-corrected chi connectivity index (χ3v) is 5.66. The first-order chi connectivity index (χ1) is 9.66. The van der Waals surface area contributed by atoms with E-state index in [4.69, 9.17) is 0 Å². The number of sulfonamides is 1. The predicted molar refractivity (Wildman–Crippen MR) is 80.3 cm³/mol. The molecule has 0 unspecified atom stereocenters. The second kappa shape index (κ2) is 5.70. The third-order valence-electron chi connectivity index (χ3n) is 4.38. The summed E-state index contributed by atoms with van der Waals surface area (Å²) < 4.78 is 28.5. The predicted octanol–water partition coefficient (Wildman–Crippen LogP) is 1.51. The van der Waals surface area contributed by atoms with E-state index in [0.717, 1.165) is 12.8 Å². The number of imidazole rings is 1. The summed E-state index contributed by atoms with van der Waals surface area (Å²) in [6.07, 6.45) is 6.02. The monoisotopic (exact) mass is 315 g/mol. The van der Waals surface area contributed by atoms with Crippen molar-refractivity contribution in [1.82, 2.24) is 14.3 Å². The zero-order chi connectivity index (χ0) is 15.7. The lowest BCUT2D eigenvalue weighted by atomic mass is 9.71. The molecule has 1 fully saturated rings. The SMILES string of the molecule is CCn1cnc(S(=O)(=O)NCC2(O)CCC(C)(C)CC2)c1. The summed E-state index contributed by atoms with van der Waals surface area (Å²) in [7, 11) is -3.66. The maximum Gasteiger partial charge on any atom is 0.259 e. The summed E-state index contributed by atoms with van der Waals surface area (Å²) in [5, 5.41) is 10.5. The molecule has 0 amide bonds. The first kappa shape index (κ1) is 16.5. The van der Waals surface area contributed by atoms with Gasteiger partial charge in [-0.3, -0.25) is 0 Å². The number of aliphatic hydroxyl groups is 1. The summed E-state index contributed by atoms with van der Waals surface area (Å²) in [6.45, 7) is 6.98. The molecule has 1 saturated carbocycles. The van der Waals surface area contributed by atoms with E-state index >= 15 is 0 Å². The molecule has 1 aliphatic rings. The number of aryl methyl sites for hydroxylation is 1. The first-order valence-electron chi connectivity index (χ1n) is 7.40. The molecule has 1 heterocycles. The Kier molecular flexibility index (Phi) is 4.46. The van der Waals surface area contributed by atoms with Gasteiger partial charge in [-0.2, -0.15) is 0 Å². The number of nitrogens with zero attached hydrogens (tertiary/aromatic N) is 2. The van der Waals surface area contributed by atoms with Crippen molar-refractivity contribution < 1.29 is 13.5 Å². The van der Waals surface area contributed by atoms with Crippen molar-refractivity contribution in [3.05, 3.63) is 12.5 Å². The summed E-state index contributed by atoms with van der Waals surface area (Å²) >= 11 is 0. The van der Waals surface area contributed by atoms with Crippen LogP contribution in [0.5, 0.6) is 0 Å². The average molecular weight is 315 g/mol. The van der Waals surface area contributed by atoms with Crippen LogP contribution in [-0.2, 0) is 16.6 Å². The van der Waals surface area contributed by atoms with E-state index in [9.17, 15) is 13.5 Å². The Labute approximate surface area is 126 Å². The Balaban J connectivity index is 1.98. The Bertz CT molecular complexity index is 582. The van der Waals surface area contributed by atoms with Crippen LogP contribution >= 0.6 is 0 Å². The standard InChI is InChI=1S/C14H25N3O3S/c1-4-17-9-12(15-11-17)21(19,20)16-10-14(18)7-5-13(2,3)6-8-14/h9,11,16,18H,4-8,10H2,1-3H3. The summed E-state index contributed by atoms with van der Waals surface area (Å²) in [4.78, 5) is 3.90. The fourth-order valence-electron chi connectivity index (χ4n) is 2.52. The highest BCUT2D eigenvalue weighted by Crippen LogP contribution is 2.39. The van der Waals surface area contributed by atoms with Crippen LogP contribution in [0.2, 0.25) is 0 Å². The van der Waals surface area contributed by atoms with Crippen molar-refractivity contribution in [3.8, 4) is 0 Å². The van der Waals surface area contributed by atoms with E-state index in [0.29, 0.717) is 19.4 Å². The maximum absolute atomic E-state index is 12.2. The van der Waals surface area contributed by atoms with E-state index in [1.54, 1.807) is 4.57 Å². The molecule has 1 aromatic rings. The molecule has 0 radical (unpaired) electrons. The maximum atomic E-state index is 12.2. The Morgan fingerprint density at radius 2 is 1.95 bits per heavy atom. The minimum Gasteiger partial charge on any atom is -0.389 e. The Hall–Kier alpha value is -0.920. The van der Waals surface area contributed by atoms with E-state index in [2.05, 4.69) is 23.6 Å². The molecule has 2 rings (SSSR count). The molecule has 6 nitrogen and oxygen atoms in total. The van der Waals surface area contributed by atoms with Gasteiger partial charge in [0.2, 0.25) is 0 Å². The summed E-state index contributed by atoms with van der Waals surface area (Å²) in [6, 6.07) is 0. The molecular weight excluding hydrogens is 290 g/mol. The van der Waals surface area contributed by atoms with Crippen molar-refractivity contribution in [2.24, 2.45) is 5.41 Å². The molecule has 2 N–H and O–H groups in total. The third kappa shape index (κ3) is 4.05. The van der Waals surface area contributed by atoms with Crippen molar-refractivity contribution in [2.75, 3.05) is 6.54 Å². The molecule has 1 aromatic heterocycles. The van der Waals surface area contributed by atoms with Gasteiger partial charge >= 0.3 is 0 Å². The van der Waals surface area contributed by atoms with Crippen molar-refractivity contribution in [1.29, 1.82) is 0 Å². The van der Waals surface area contributed by atoms with Crippen LogP contribution in [0.25, 0.3) is 0 Å². The van der Waals surface area contributed by atoms with Gasteiger partial charge in [-0.1, -0.05) is 13.8 Å². The molecule has 0 saturated heterocycles. The number of hydrogen-bond donors (Lipinski definition) is 2. The molecule has 0 aromatic carbocycles. The van der Waals surface area contributed by atoms with Gasteiger partial charge in [-0.15, -0.1) is 0 Å². The molecule has 0 aliphatic heterocycles. The zero-order valence-electron chi connectivity index (χ0n) is 13.0. The van der Waals surface area contributed by atoms with Gasteiger partial charge in [0, 0.05) is 19.3 Å². The van der Waals surface area contributed by atoms with E-state index in [-0.39, 0.29) is 17.0 Å². The number of aromatic nitrogens is 2. The molecule has 1 aliphatic carbocycles.